The van der Waals surface area contributed by atoms with Crippen LogP contribution in [-0.2, 0) is 4.74 Å². The number of H-pyrrole nitrogens is 1. The summed E-state index contributed by atoms with van der Waals surface area (Å²) < 4.78 is 4.58. The van der Waals surface area contributed by atoms with Crippen molar-refractivity contribution in [3.63, 3.8) is 0 Å². The van der Waals surface area contributed by atoms with Gasteiger partial charge in [0.05, 0.1) is 13.2 Å². The number of alkyl carbamates (subject to hydrolysis) is 1. The summed E-state index contributed by atoms with van der Waals surface area (Å²) in [6.45, 7) is 0.763. The first-order valence-electron chi connectivity index (χ1n) is 7.89. The van der Waals surface area contributed by atoms with E-state index in [-0.39, 0.29) is 18.5 Å². The average Bonchev–Trinajstić information content (AvgIpc) is 3.24. The molecule has 0 radical (unpaired) electrons. The lowest BCUT2D eigenvalue weighted by molar-refractivity contribution is 0.0954. The number of nitrogens with zero attached hydrogens (tertiary/aromatic N) is 2. The van der Waals surface area contributed by atoms with Gasteiger partial charge < -0.3 is 25.3 Å². The second-order valence-electron chi connectivity index (χ2n) is 5.83. The van der Waals surface area contributed by atoms with Gasteiger partial charge in [0.15, 0.2) is 0 Å². The molecule has 0 bridgehead atoms. The summed E-state index contributed by atoms with van der Waals surface area (Å²) in [7, 11) is 1.30. The smallest absolute Gasteiger partial charge is 0.406 e. The molecule has 0 spiro atoms. The number of hydrogen-bond donors (Lipinski definition) is 3. The molecule has 25 heavy (non-hydrogen) atoms. The molecule has 2 amide bonds. The van der Waals surface area contributed by atoms with Crippen molar-refractivity contribution in [2.24, 2.45) is 4.99 Å². The quantitative estimate of drug-likeness (QED) is 0.792. The normalized spacial score (nSPS) is 17.7. The van der Waals surface area contributed by atoms with E-state index < -0.39 is 6.09 Å². The number of ether oxygens (including phenoxy) is 1. The van der Waals surface area contributed by atoms with Crippen LogP contribution < -0.4 is 15.5 Å². The van der Waals surface area contributed by atoms with E-state index in [9.17, 15) is 9.59 Å². The van der Waals surface area contributed by atoms with Crippen LogP contribution in [0.25, 0.3) is 0 Å². The van der Waals surface area contributed by atoms with Crippen molar-refractivity contribution in [1.29, 1.82) is 0 Å². The van der Waals surface area contributed by atoms with Crippen molar-refractivity contribution < 1.29 is 14.3 Å². The number of anilines is 2. The Morgan fingerprint density at radius 1 is 1.44 bits per heavy atom. The van der Waals surface area contributed by atoms with Gasteiger partial charge in [0.2, 0.25) is 0 Å². The monoisotopic (exact) mass is 339 g/mol. The van der Waals surface area contributed by atoms with Gasteiger partial charge in [-0.2, -0.15) is 0 Å². The molecule has 2 aliphatic rings. The number of aromatic amines is 1. The lowest BCUT2D eigenvalue weighted by Gasteiger charge is -2.25. The Kier molecular flexibility index (Phi) is 3.64. The molecule has 0 saturated heterocycles. The van der Waals surface area contributed by atoms with Crippen molar-refractivity contribution >= 4 is 29.7 Å². The maximum absolute atomic E-state index is 12.1. The Morgan fingerprint density at radius 3 is 3.16 bits per heavy atom. The molecule has 0 aliphatic carbocycles. The maximum atomic E-state index is 12.1. The molecule has 4 rings (SSSR count). The van der Waals surface area contributed by atoms with Crippen molar-refractivity contribution in [1.82, 2.24) is 15.6 Å². The van der Waals surface area contributed by atoms with Crippen molar-refractivity contribution in [3.8, 4) is 0 Å². The molecular weight excluding hydrogens is 322 g/mol. The number of aromatic nitrogens is 1. The number of aliphatic imine (C=N–C) groups is 1. The van der Waals surface area contributed by atoms with Gasteiger partial charge in [-0.3, -0.25) is 9.79 Å². The fourth-order valence-electron chi connectivity index (χ4n) is 3.16. The third-order valence-electron chi connectivity index (χ3n) is 4.39. The highest BCUT2D eigenvalue weighted by Gasteiger charge is 2.30. The van der Waals surface area contributed by atoms with E-state index in [4.69, 9.17) is 0 Å². The van der Waals surface area contributed by atoms with E-state index in [1.165, 1.54) is 7.11 Å². The largest absolute Gasteiger partial charge is 0.453 e. The third-order valence-corrected chi connectivity index (χ3v) is 4.39. The Balaban J connectivity index is 1.64. The van der Waals surface area contributed by atoms with Gasteiger partial charge in [-0.05, 0) is 29.8 Å². The Morgan fingerprint density at radius 2 is 2.32 bits per heavy atom. The van der Waals surface area contributed by atoms with E-state index in [1.54, 1.807) is 6.07 Å². The Hall–Kier alpha value is -3.29. The molecule has 3 N–H and O–H groups in total. The molecule has 2 aliphatic heterocycles. The third kappa shape index (κ3) is 2.61. The molecule has 2 aromatic rings. The number of fused-ring (bicyclic) bond motifs is 2. The fraction of sp³-hybridized carbons (Fsp3) is 0.235. The van der Waals surface area contributed by atoms with Gasteiger partial charge in [0, 0.05) is 35.8 Å². The number of hydrogen-bond acceptors (Lipinski definition) is 5. The van der Waals surface area contributed by atoms with E-state index in [0.717, 1.165) is 22.6 Å². The van der Waals surface area contributed by atoms with Gasteiger partial charge in [-0.25, -0.2) is 4.79 Å². The van der Waals surface area contributed by atoms with Crippen LogP contribution in [0.5, 0.6) is 0 Å². The highest BCUT2D eigenvalue weighted by atomic mass is 16.5. The van der Waals surface area contributed by atoms with Crippen LogP contribution in [0.2, 0.25) is 0 Å². The molecule has 1 aromatic carbocycles. The molecule has 0 fully saturated rings. The molecule has 128 valence electrons. The number of carbonyl (C=O) groups is 2. The first-order valence-corrected chi connectivity index (χ1v) is 7.89. The van der Waals surface area contributed by atoms with Gasteiger partial charge in [-0.15, -0.1) is 0 Å². The van der Waals surface area contributed by atoms with Crippen LogP contribution >= 0.6 is 0 Å². The summed E-state index contributed by atoms with van der Waals surface area (Å²) in [6.07, 6.45) is 3.18. The Bertz CT molecular complexity index is 873. The molecule has 8 heteroatoms. The second-order valence-corrected chi connectivity index (χ2v) is 5.83. The molecule has 0 saturated carbocycles. The molecule has 3 heterocycles. The molecular formula is C17H17N5O3. The number of carbonyl (C=O) groups excluding carboxylic acids is 2. The first-order chi connectivity index (χ1) is 12.2. The number of benzene rings is 1. The van der Waals surface area contributed by atoms with Crippen LogP contribution in [0, 0.1) is 0 Å². The minimum absolute atomic E-state index is 0.143. The molecule has 8 nitrogen and oxygen atoms in total. The van der Waals surface area contributed by atoms with Gasteiger partial charge >= 0.3 is 6.09 Å². The molecule has 1 unspecified atom stereocenters. The summed E-state index contributed by atoms with van der Waals surface area (Å²) in [5.74, 6) is 0.826. The summed E-state index contributed by atoms with van der Waals surface area (Å²) in [6, 6.07) is 7.34. The van der Waals surface area contributed by atoms with Crippen molar-refractivity contribution in [2.45, 2.75) is 6.04 Å². The zero-order valence-electron chi connectivity index (χ0n) is 13.6. The summed E-state index contributed by atoms with van der Waals surface area (Å²) in [5, 5.41) is 5.50. The van der Waals surface area contributed by atoms with Crippen LogP contribution in [0.15, 0.2) is 35.5 Å². The SMILES string of the molecule is COC(=O)NCC1NC(=O)c2ccc(N3CN=Cc4cc[nH]c43)cc21. The van der Waals surface area contributed by atoms with E-state index in [0.29, 0.717) is 12.2 Å². The molecule has 1 atom stereocenters. The predicted molar refractivity (Wildman–Crippen MR) is 92.4 cm³/mol. The number of methoxy groups -OCH3 is 1. The van der Waals surface area contributed by atoms with Gasteiger partial charge in [0.25, 0.3) is 5.91 Å². The van der Waals surface area contributed by atoms with Crippen LogP contribution in [0.1, 0.15) is 27.5 Å². The van der Waals surface area contributed by atoms with E-state index in [1.807, 2.05) is 35.5 Å². The second kappa shape index (κ2) is 5.97. The number of nitrogens with one attached hydrogen (secondary N) is 3. The molecule has 1 aromatic heterocycles. The van der Waals surface area contributed by atoms with Crippen molar-refractivity contribution in [3.05, 3.63) is 47.2 Å². The maximum Gasteiger partial charge on any atom is 0.406 e. The lowest BCUT2D eigenvalue weighted by atomic mass is 10.0. The van der Waals surface area contributed by atoms with E-state index in [2.05, 4.69) is 25.3 Å². The number of amides is 2. The van der Waals surface area contributed by atoms with E-state index >= 15 is 0 Å². The van der Waals surface area contributed by atoms with Gasteiger partial charge in [-0.1, -0.05) is 0 Å². The fourth-order valence-corrected chi connectivity index (χ4v) is 3.16. The first kappa shape index (κ1) is 15.3. The average molecular weight is 339 g/mol. The van der Waals surface area contributed by atoms with Gasteiger partial charge in [0.1, 0.15) is 12.5 Å². The predicted octanol–water partition coefficient (Wildman–Crippen LogP) is 1.68. The zero-order chi connectivity index (χ0) is 17.4. The van der Waals surface area contributed by atoms with Crippen LogP contribution in [0.4, 0.5) is 16.3 Å². The Labute approximate surface area is 143 Å². The summed E-state index contributed by atoms with van der Waals surface area (Å²) >= 11 is 0. The highest BCUT2D eigenvalue weighted by molar-refractivity contribution is 6.00. The summed E-state index contributed by atoms with van der Waals surface area (Å²) in [4.78, 5) is 33.1. The summed E-state index contributed by atoms with van der Waals surface area (Å²) in [5.41, 5.74) is 3.41. The standard InChI is InChI=1S/C17H17N5O3/c1-25-17(24)20-8-14-13-6-11(2-3-12(13)16(23)21-14)22-9-18-7-10-4-5-19-15(10)22/h2-7,14,19H,8-9H2,1H3,(H,20,24)(H,21,23). The highest BCUT2D eigenvalue weighted by Crippen LogP contribution is 2.34. The van der Waals surface area contributed by atoms with Crippen LogP contribution in [-0.4, -0.2) is 43.5 Å². The lowest BCUT2D eigenvalue weighted by Crippen LogP contribution is -2.33. The zero-order valence-corrected chi connectivity index (χ0v) is 13.6. The van der Waals surface area contributed by atoms with Crippen LogP contribution in [0.3, 0.4) is 0 Å². The number of rotatable bonds is 3. The van der Waals surface area contributed by atoms with Crippen molar-refractivity contribution in [2.75, 3.05) is 25.2 Å². The topological polar surface area (TPSA) is 98.8 Å². The minimum Gasteiger partial charge on any atom is -0.453 e. The minimum atomic E-state index is -0.528.